The van der Waals surface area contributed by atoms with Gasteiger partial charge in [-0.1, -0.05) is 122 Å². The molecule has 0 aliphatic carbocycles. The van der Waals surface area contributed by atoms with Crippen molar-refractivity contribution in [3.8, 4) is 0 Å². The lowest BCUT2D eigenvalue weighted by Gasteiger charge is -2.63. The van der Waals surface area contributed by atoms with Crippen LogP contribution in [0, 0.1) is 0 Å². The van der Waals surface area contributed by atoms with Gasteiger partial charge >= 0.3 is 0 Å². The van der Waals surface area contributed by atoms with Gasteiger partial charge in [-0.2, -0.15) is 0 Å². The van der Waals surface area contributed by atoms with E-state index >= 15 is 0 Å². The van der Waals surface area contributed by atoms with Crippen molar-refractivity contribution in [1.29, 1.82) is 0 Å². The Balaban J connectivity index is 2.47. The quantitative estimate of drug-likeness (QED) is 0.460. The minimum atomic E-state index is -1.95. The fourth-order valence-electron chi connectivity index (χ4n) is 6.23. The summed E-state index contributed by atoms with van der Waals surface area (Å²) in [5.41, 5.74) is 0. The SMILES string of the molecule is C[Si](C)(C)C1([Si](C)(C)C)CC=CC[Si]1(c1ccccc1)c1ccccc1. The molecule has 26 heavy (non-hydrogen) atoms. The molecule has 0 saturated heterocycles. The maximum Gasteiger partial charge on any atom is 0.123 e. The molecule has 0 radical (unpaired) electrons. The Morgan fingerprint density at radius 3 is 1.46 bits per heavy atom. The van der Waals surface area contributed by atoms with E-state index in [0.29, 0.717) is 4.28 Å². The number of allylic oxidation sites excluding steroid dienone is 2. The van der Waals surface area contributed by atoms with Crippen LogP contribution < -0.4 is 10.4 Å². The van der Waals surface area contributed by atoms with Crippen molar-refractivity contribution in [3.63, 3.8) is 0 Å². The monoisotopic (exact) mass is 394 g/mol. The highest BCUT2D eigenvalue weighted by atomic mass is 28.5. The van der Waals surface area contributed by atoms with Crippen molar-refractivity contribution >= 4 is 34.6 Å². The van der Waals surface area contributed by atoms with Crippen LogP contribution in [0.4, 0.5) is 0 Å². The van der Waals surface area contributed by atoms with E-state index in [9.17, 15) is 0 Å². The Bertz CT molecular complexity index is 711. The summed E-state index contributed by atoms with van der Waals surface area (Å²) in [5, 5.41) is 3.31. The molecule has 0 unspecified atom stereocenters. The van der Waals surface area contributed by atoms with Gasteiger partial charge in [-0.25, -0.2) is 0 Å². The van der Waals surface area contributed by atoms with E-state index < -0.39 is 24.2 Å². The van der Waals surface area contributed by atoms with Gasteiger partial charge in [0.25, 0.3) is 0 Å². The van der Waals surface area contributed by atoms with Gasteiger partial charge in [0.05, 0.1) is 0 Å². The molecule has 0 N–H and O–H groups in total. The summed E-state index contributed by atoms with van der Waals surface area (Å²) < 4.78 is 0.504. The summed E-state index contributed by atoms with van der Waals surface area (Å²) in [5.74, 6) is 0. The van der Waals surface area contributed by atoms with Crippen LogP contribution in [0.25, 0.3) is 0 Å². The average Bonchev–Trinajstić information content (AvgIpc) is 2.61. The van der Waals surface area contributed by atoms with Crippen LogP contribution in [0.15, 0.2) is 72.8 Å². The molecule has 3 heteroatoms. The van der Waals surface area contributed by atoms with E-state index in [-0.39, 0.29) is 0 Å². The van der Waals surface area contributed by atoms with Crippen molar-refractivity contribution in [2.24, 2.45) is 0 Å². The second-order valence-electron chi connectivity index (χ2n) is 9.92. The third kappa shape index (κ3) is 2.76. The van der Waals surface area contributed by atoms with Crippen LogP contribution in [0.3, 0.4) is 0 Å². The van der Waals surface area contributed by atoms with E-state index in [0.717, 1.165) is 0 Å². The minimum absolute atomic E-state index is 0.504. The maximum absolute atomic E-state index is 2.65. The minimum Gasteiger partial charge on any atom is -0.0906 e. The van der Waals surface area contributed by atoms with Crippen LogP contribution in [0.1, 0.15) is 6.42 Å². The maximum atomic E-state index is 2.65. The van der Waals surface area contributed by atoms with Gasteiger partial charge in [0.1, 0.15) is 8.07 Å². The molecule has 0 atom stereocenters. The molecule has 0 spiro atoms. The summed E-state index contributed by atoms with van der Waals surface area (Å²) >= 11 is 0. The van der Waals surface area contributed by atoms with E-state index in [1.165, 1.54) is 12.5 Å². The first kappa shape index (κ1) is 19.6. The molecule has 0 amide bonds. The second kappa shape index (κ2) is 6.77. The molecule has 2 aromatic carbocycles. The van der Waals surface area contributed by atoms with E-state index in [1.807, 2.05) is 0 Å². The molecule has 2 aromatic rings. The van der Waals surface area contributed by atoms with Crippen molar-refractivity contribution in [2.75, 3.05) is 0 Å². The predicted molar refractivity (Wildman–Crippen MR) is 126 cm³/mol. The molecule has 0 fully saturated rings. The first-order valence-electron chi connectivity index (χ1n) is 9.93. The molecule has 1 aliphatic rings. The lowest BCUT2D eigenvalue weighted by Crippen LogP contribution is -2.78. The third-order valence-corrected chi connectivity index (χ3v) is 29.1. The normalized spacial score (nSPS) is 19.3. The fraction of sp³-hybridized carbons (Fsp3) is 0.391. The fourth-order valence-corrected chi connectivity index (χ4v) is 33.9. The Morgan fingerprint density at radius 2 is 1.08 bits per heavy atom. The van der Waals surface area contributed by atoms with Gasteiger partial charge in [-0.3, -0.25) is 0 Å². The van der Waals surface area contributed by atoms with Gasteiger partial charge in [-0.05, 0) is 16.7 Å². The van der Waals surface area contributed by atoms with Gasteiger partial charge < -0.3 is 0 Å². The zero-order valence-corrected chi connectivity index (χ0v) is 20.3. The standard InChI is InChI=1S/C23H34Si3/c1-24(2,3)23(25(4,5)6)19-13-14-20-26(23,21-15-9-7-10-16-21)22-17-11-8-12-18-22/h7-18H,19-20H2,1-6H3. The molecule has 3 rings (SSSR count). The topological polar surface area (TPSA) is 0 Å². The third-order valence-electron chi connectivity index (χ3n) is 6.84. The van der Waals surface area contributed by atoms with E-state index in [1.54, 1.807) is 10.4 Å². The molecular formula is C23H34Si3. The van der Waals surface area contributed by atoms with Crippen molar-refractivity contribution < 1.29 is 0 Å². The van der Waals surface area contributed by atoms with Gasteiger partial charge in [0.2, 0.25) is 0 Å². The summed E-state index contributed by atoms with van der Waals surface area (Å²) in [6.45, 7) is 15.9. The second-order valence-corrected chi connectivity index (χ2v) is 26.4. The molecule has 1 heterocycles. The number of benzene rings is 2. The zero-order valence-electron chi connectivity index (χ0n) is 17.3. The Hall–Kier alpha value is -1.17. The van der Waals surface area contributed by atoms with Crippen LogP contribution in [-0.2, 0) is 0 Å². The zero-order chi connectivity index (χ0) is 19.1. The highest BCUT2D eigenvalue weighted by molar-refractivity contribution is 7.24. The Labute approximate surface area is 163 Å². The van der Waals surface area contributed by atoms with Gasteiger partial charge in [0.15, 0.2) is 0 Å². The highest BCUT2D eigenvalue weighted by Gasteiger charge is 2.66. The Kier molecular flexibility index (Phi) is 5.10. The van der Waals surface area contributed by atoms with Crippen molar-refractivity contribution in [1.82, 2.24) is 0 Å². The average molecular weight is 395 g/mol. The predicted octanol–water partition coefficient (Wildman–Crippen LogP) is 5.70. The van der Waals surface area contributed by atoms with Crippen LogP contribution in [0.2, 0.25) is 49.6 Å². The van der Waals surface area contributed by atoms with Crippen molar-refractivity contribution in [2.45, 2.75) is 56.0 Å². The summed E-state index contributed by atoms with van der Waals surface area (Å²) in [4.78, 5) is 0. The molecule has 0 nitrogen and oxygen atoms in total. The first-order valence-corrected chi connectivity index (χ1v) is 19.1. The van der Waals surface area contributed by atoms with Crippen LogP contribution in [-0.4, -0.2) is 24.2 Å². The number of hydrogen-bond donors (Lipinski definition) is 0. The molecule has 0 saturated carbocycles. The van der Waals surface area contributed by atoms with Gasteiger partial charge in [0, 0.05) is 16.1 Å². The smallest absolute Gasteiger partial charge is 0.0906 e. The molecule has 1 aliphatic heterocycles. The van der Waals surface area contributed by atoms with Crippen molar-refractivity contribution in [3.05, 3.63) is 72.8 Å². The molecule has 0 bridgehead atoms. The Morgan fingerprint density at radius 1 is 0.654 bits per heavy atom. The summed E-state index contributed by atoms with van der Waals surface area (Å²) in [6.07, 6.45) is 6.34. The van der Waals surface area contributed by atoms with E-state index in [4.69, 9.17) is 0 Å². The molecule has 0 aromatic heterocycles. The van der Waals surface area contributed by atoms with E-state index in [2.05, 4.69) is 112 Å². The number of hydrogen-bond acceptors (Lipinski definition) is 0. The first-order chi connectivity index (χ1) is 12.2. The number of rotatable bonds is 4. The summed E-state index contributed by atoms with van der Waals surface area (Å²) in [7, 11) is -4.89. The lowest BCUT2D eigenvalue weighted by atomic mass is 10.3. The van der Waals surface area contributed by atoms with Gasteiger partial charge in [-0.15, -0.1) is 0 Å². The summed E-state index contributed by atoms with van der Waals surface area (Å²) in [6, 6.07) is 24.5. The van der Waals surface area contributed by atoms with Crippen LogP contribution in [0.5, 0.6) is 0 Å². The molecule has 138 valence electrons. The highest BCUT2D eigenvalue weighted by Crippen LogP contribution is 2.59. The lowest BCUT2D eigenvalue weighted by molar-refractivity contribution is 0.891. The van der Waals surface area contributed by atoms with Crippen LogP contribution >= 0.6 is 0 Å². The molecular weight excluding hydrogens is 361 g/mol. The largest absolute Gasteiger partial charge is 0.123 e.